The monoisotopic (exact) mass is 224 g/mol. The van der Waals surface area contributed by atoms with Gasteiger partial charge in [0.25, 0.3) is 0 Å². The van der Waals surface area contributed by atoms with Crippen LogP contribution in [0.2, 0.25) is 0 Å². The summed E-state index contributed by atoms with van der Waals surface area (Å²) in [6.45, 7) is 1.69. The van der Waals surface area contributed by atoms with Gasteiger partial charge >= 0.3 is 0 Å². The van der Waals surface area contributed by atoms with E-state index in [9.17, 15) is 0 Å². The third-order valence-corrected chi connectivity index (χ3v) is 3.53. The summed E-state index contributed by atoms with van der Waals surface area (Å²) in [7, 11) is 0. The van der Waals surface area contributed by atoms with E-state index in [2.05, 4.69) is 15.3 Å². The van der Waals surface area contributed by atoms with Crippen molar-refractivity contribution >= 4 is 17.6 Å². The summed E-state index contributed by atoms with van der Waals surface area (Å²) in [4.78, 5) is 8.30. The maximum absolute atomic E-state index is 5.71. The van der Waals surface area contributed by atoms with Crippen LogP contribution in [0.4, 0.5) is 5.82 Å². The molecule has 1 aromatic rings. The fourth-order valence-electron chi connectivity index (χ4n) is 1.46. The predicted octanol–water partition coefficient (Wildman–Crippen LogP) is 1.35. The lowest BCUT2D eigenvalue weighted by molar-refractivity contribution is 0.554. The highest BCUT2D eigenvalue weighted by Gasteiger charge is 2.40. The SMILES string of the molecule is CSc1cc(NCC2(CN)CC2)ncn1. The summed E-state index contributed by atoms with van der Waals surface area (Å²) in [5, 5.41) is 4.32. The molecular weight excluding hydrogens is 208 g/mol. The smallest absolute Gasteiger partial charge is 0.130 e. The Morgan fingerprint density at radius 3 is 2.93 bits per heavy atom. The van der Waals surface area contributed by atoms with E-state index in [1.54, 1.807) is 18.1 Å². The highest BCUT2D eigenvalue weighted by atomic mass is 32.2. The van der Waals surface area contributed by atoms with Crippen molar-refractivity contribution in [3.05, 3.63) is 12.4 Å². The topological polar surface area (TPSA) is 63.8 Å². The van der Waals surface area contributed by atoms with Crippen LogP contribution in [-0.2, 0) is 0 Å². The van der Waals surface area contributed by atoms with Crippen LogP contribution in [0.3, 0.4) is 0 Å². The lowest BCUT2D eigenvalue weighted by atomic mass is 10.1. The van der Waals surface area contributed by atoms with Gasteiger partial charge in [-0.25, -0.2) is 9.97 Å². The fourth-order valence-corrected chi connectivity index (χ4v) is 1.84. The van der Waals surface area contributed by atoms with E-state index >= 15 is 0 Å². The Labute approximate surface area is 94.1 Å². The Hall–Kier alpha value is -0.810. The van der Waals surface area contributed by atoms with Crippen molar-refractivity contribution in [2.75, 3.05) is 24.7 Å². The number of nitrogens with one attached hydrogen (secondary N) is 1. The fraction of sp³-hybridized carbons (Fsp3) is 0.600. The molecule has 4 nitrogen and oxygen atoms in total. The first-order chi connectivity index (χ1) is 7.28. The molecule has 1 aromatic heterocycles. The Kier molecular flexibility index (Phi) is 3.11. The minimum absolute atomic E-state index is 0.338. The maximum atomic E-state index is 5.71. The van der Waals surface area contributed by atoms with E-state index in [0.717, 1.165) is 23.9 Å². The van der Waals surface area contributed by atoms with Gasteiger partial charge in [0, 0.05) is 12.6 Å². The molecule has 0 saturated heterocycles. The van der Waals surface area contributed by atoms with Crippen molar-refractivity contribution in [3.8, 4) is 0 Å². The summed E-state index contributed by atoms with van der Waals surface area (Å²) < 4.78 is 0. The maximum Gasteiger partial charge on any atom is 0.130 e. The average molecular weight is 224 g/mol. The first kappa shape index (κ1) is 10.7. The number of aromatic nitrogens is 2. The van der Waals surface area contributed by atoms with Gasteiger partial charge in [-0.3, -0.25) is 0 Å². The Balaban J connectivity index is 1.93. The van der Waals surface area contributed by atoms with Crippen molar-refractivity contribution in [2.45, 2.75) is 17.9 Å². The molecule has 1 heterocycles. The summed E-state index contributed by atoms with van der Waals surface area (Å²) in [5.74, 6) is 0.897. The molecule has 1 aliphatic rings. The molecule has 0 atom stereocenters. The van der Waals surface area contributed by atoms with E-state index in [4.69, 9.17) is 5.73 Å². The summed E-state index contributed by atoms with van der Waals surface area (Å²) in [6, 6.07) is 1.97. The van der Waals surface area contributed by atoms with Crippen LogP contribution in [0.25, 0.3) is 0 Å². The van der Waals surface area contributed by atoms with E-state index in [1.165, 1.54) is 12.8 Å². The highest BCUT2D eigenvalue weighted by Crippen LogP contribution is 2.44. The van der Waals surface area contributed by atoms with Crippen LogP contribution >= 0.6 is 11.8 Å². The molecule has 1 aliphatic carbocycles. The average Bonchev–Trinajstić information content (AvgIpc) is 3.07. The van der Waals surface area contributed by atoms with E-state index in [-0.39, 0.29) is 0 Å². The Morgan fingerprint density at radius 1 is 1.53 bits per heavy atom. The van der Waals surface area contributed by atoms with Crippen LogP contribution in [0, 0.1) is 5.41 Å². The van der Waals surface area contributed by atoms with E-state index in [1.807, 2.05) is 12.3 Å². The molecule has 5 heteroatoms. The molecular formula is C10H16N4S. The summed E-state index contributed by atoms with van der Waals surface area (Å²) >= 11 is 1.62. The molecule has 1 saturated carbocycles. The van der Waals surface area contributed by atoms with Crippen molar-refractivity contribution in [3.63, 3.8) is 0 Å². The molecule has 15 heavy (non-hydrogen) atoms. The van der Waals surface area contributed by atoms with Gasteiger partial charge in [-0.2, -0.15) is 0 Å². The van der Waals surface area contributed by atoms with Gasteiger partial charge in [-0.15, -0.1) is 11.8 Å². The molecule has 0 aromatic carbocycles. The molecule has 0 bridgehead atoms. The summed E-state index contributed by atoms with van der Waals surface area (Å²) in [5.41, 5.74) is 6.05. The van der Waals surface area contributed by atoms with Gasteiger partial charge < -0.3 is 11.1 Å². The normalized spacial score (nSPS) is 17.5. The minimum atomic E-state index is 0.338. The van der Waals surface area contributed by atoms with Crippen LogP contribution < -0.4 is 11.1 Å². The predicted molar refractivity (Wildman–Crippen MR) is 63.0 cm³/mol. The molecule has 0 spiro atoms. The first-order valence-electron chi connectivity index (χ1n) is 5.08. The van der Waals surface area contributed by atoms with E-state index < -0.39 is 0 Å². The van der Waals surface area contributed by atoms with Gasteiger partial charge in [-0.05, 0) is 31.1 Å². The molecule has 1 fully saturated rings. The number of rotatable bonds is 5. The minimum Gasteiger partial charge on any atom is -0.369 e. The van der Waals surface area contributed by atoms with Gasteiger partial charge in [0.05, 0.1) is 0 Å². The molecule has 82 valence electrons. The second-order valence-corrected chi connectivity index (χ2v) is 4.83. The van der Waals surface area contributed by atoms with Gasteiger partial charge in [0.15, 0.2) is 0 Å². The van der Waals surface area contributed by atoms with Crippen LogP contribution in [-0.4, -0.2) is 29.3 Å². The standard InChI is InChI=1S/C10H16N4S/c1-15-9-4-8(13-7-14-9)12-6-10(5-11)2-3-10/h4,7H,2-3,5-6,11H2,1H3,(H,12,13,14). The Morgan fingerprint density at radius 2 is 2.33 bits per heavy atom. The van der Waals surface area contributed by atoms with Crippen LogP contribution in [0.15, 0.2) is 17.4 Å². The zero-order valence-electron chi connectivity index (χ0n) is 8.86. The van der Waals surface area contributed by atoms with E-state index in [0.29, 0.717) is 5.41 Å². The van der Waals surface area contributed by atoms with Crippen molar-refractivity contribution < 1.29 is 0 Å². The number of hydrogen-bond donors (Lipinski definition) is 2. The second-order valence-electron chi connectivity index (χ2n) is 4.00. The molecule has 0 aliphatic heterocycles. The van der Waals surface area contributed by atoms with Gasteiger partial charge in [0.1, 0.15) is 17.2 Å². The van der Waals surface area contributed by atoms with Gasteiger partial charge in [-0.1, -0.05) is 0 Å². The number of nitrogens with zero attached hydrogens (tertiary/aromatic N) is 2. The molecule has 0 unspecified atom stereocenters. The number of thioether (sulfide) groups is 1. The van der Waals surface area contributed by atoms with Crippen LogP contribution in [0.5, 0.6) is 0 Å². The number of anilines is 1. The first-order valence-corrected chi connectivity index (χ1v) is 6.30. The van der Waals surface area contributed by atoms with Crippen LogP contribution in [0.1, 0.15) is 12.8 Å². The second kappa shape index (κ2) is 4.37. The highest BCUT2D eigenvalue weighted by molar-refractivity contribution is 7.98. The zero-order valence-corrected chi connectivity index (χ0v) is 9.68. The third kappa shape index (κ3) is 2.60. The lowest BCUT2D eigenvalue weighted by Crippen LogP contribution is -2.24. The molecule has 0 amide bonds. The summed E-state index contributed by atoms with van der Waals surface area (Å²) in [6.07, 6.45) is 6.07. The largest absolute Gasteiger partial charge is 0.369 e. The molecule has 0 radical (unpaired) electrons. The number of hydrogen-bond acceptors (Lipinski definition) is 5. The van der Waals surface area contributed by atoms with Crippen molar-refractivity contribution in [2.24, 2.45) is 11.1 Å². The Bertz CT molecular complexity index is 338. The quantitative estimate of drug-likeness (QED) is 0.584. The third-order valence-electron chi connectivity index (χ3n) is 2.89. The number of nitrogens with two attached hydrogens (primary N) is 1. The van der Waals surface area contributed by atoms with Gasteiger partial charge in [0.2, 0.25) is 0 Å². The lowest BCUT2D eigenvalue weighted by Gasteiger charge is -2.13. The molecule has 3 N–H and O–H groups in total. The van der Waals surface area contributed by atoms with Crippen molar-refractivity contribution in [1.29, 1.82) is 0 Å². The van der Waals surface area contributed by atoms with Crippen molar-refractivity contribution in [1.82, 2.24) is 9.97 Å². The molecule has 2 rings (SSSR count). The zero-order chi connectivity index (χ0) is 10.7.